The van der Waals surface area contributed by atoms with Gasteiger partial charge in [0.25, 0.3) is 0 Å². The third kappa shape index (κ3) is 3.22. The molecule has 18 heavy (non-hydrogen) atoms. The molecular weight excluding hydrogens is 232 g/mol. The summed E-state index contributed by atoms with van der Waals surface area (Å²) in [6.07, 6.45) is 3.67. The SMILES string of the molecule is CC(C)(C)C(N)C(=O)NC1(C(=O)O)CCCCC1. The molecule has 1 rings (SSSR count). The van der Waals surface area contributed by atoms with Crippen LogP contribution in [0.2, 0.25) is 0 Å². The van der Waals surface area contributed by atoms with Gasteiger partial charge in [0.1, 0.15) is 5.54 Å². The van der Waals surface area contributed by atoms with E-state index in [0.717, 1.165) is 19.3 Å². The van der Waals surface area contributed by atoms with Gasteiger partial charge in [-0.2, -0.15) is 0 Å². The van der Waals surface area contributed by atoms with Crippen LogP contribution < -0.4 is 11.1 Å². The maximum absolute atomic E-state index is 12.1. The Kier molecular flexibility index (Phi) is 4.37. The predicted octanol–water partition coefficient (Wildman–Crippen LogP) is 1.26. The summed E-state index contributed by atoms with van der Waals surface area (Å²) in [6, 6.07) is -0.698. The van der Waals surface area contributed by atoms with Crippen molar-refractivity contribution in [2.75, 3.05) is 0 Å². The number of carbonyl (C=O) groups excluding carboxylic acids is 1. The molecule has 0 radical (unpaired) electrons. The van der Waals surface area contributed by atoms with Crippen molar-refractivity contribution in [1.29, 1.82) is 0 Å². The maximum Gasteiger partial charge on any atom is 0.329 e. The molecule has 0 bridgehead atoms. The highest BCUT2D eigenvalue weighted by molar-refractivity contribution is 5.90. The summed E-state index contributed by atoms with van der Waals surface area (Å²) < 4.78 is 0. The van der Waals surface area contributed by atoms with Crippen molar-refractivity contribution in [1.82, 2.24) is 5.32 Å². The van der Waals surface area contributed by atoms with E-state index in [2.05, 4.69) is 5.32 Å². The second kappa shape index (κ2) is 5.26. The molecule has 1 aliphatic carbocycles. The second-order valence-electron chi connectivity index (χ2n) is 6.28. The Morgan fingerprint density at radius 2 is 1.72 bits per heavy atom. The lowest BCUT2D eigenvalue weighted by molar-refractivity contribution is -0.149. The van der Waals surface area contributed by atoms with E-state index in [9.17, 15) is 14.7 Å². The summed E-state index contributed by atoms with van der Waals surface area (Å²) in [5.74, 6) is -1.32. The highest BCUT2D eigenvalue weighted by Gasteiger charge is 2.42. The highest BCUT2D eigenvalue weighted by Crippen LogP contribution is 2.29. The first-order chi connectivity index (χ1) is 8.19. The molecule has 0 heterocycles. The lowest BCUT2D eigenvalue weighted by Gasteiger charge is -2.36. The van der Waals surface area contributed by atoms with Crippen LogP contribution in [0, 0.1) is 5.41 Å². The highest BCUT2D eigenvalue weighted by atomic mass is 16.4. The summed E-state index contributed by atoms with van der Waals surface area (Å²) in [6.45, 7) is 5.60. The Hall–Kier alpha value is -1.10. The van der Waals surface area contributed by atoms with Gasteiger partial charge in [0.2, 0.25) is 5.91 Å². The molecule has 0 spiro atoms. The van der Waals surface area contributed by atoms with Gasteiger partial charge in [-0.3, -0.25) is 4.79 Å². The molecule has 1 atom stereocenters. The number of aliphatic carboxylic acids is 1. The van der Waals surface area contributed by atoms with Crippen LogP contribution in [0.1, 0.15) is 52.9 Å². The number of amides is 1. The Morgan fingerprint density at radius 1 is 1.22 bits per heavy atom. The van der Waals surface area contributed by atoms with Gasteiger partial charge >= 0.3 is 5.97 Å². The molecule has 0 aromatic rings. The first kappa shape index (κ1) is 15.0. The Labute approximate surface area is 108 Å². The van der Waals surface area contributed by atoms with Gasteiger partial charge in [0.15, 0.2) is 0 Å². The van der Waals surface area contributed by atoms with Crippen molar-refractivity contribution in [2.24, 2.45) is 11.1 Å². The molecule has 1 unspecified atom stereocenters. The van der Waals surface area contributed by atoms with Crippen LogP contribution in [0.5, 0.6) is 0 Å². The van der Waals surface area contributed by atoms with Crippen LogP contribution in [-0.4, -0.2) is 28.6 Å². The first-order valence-corrected chi connectivity index (χ1v) is 6.50. The molecule has 0 saturated heterocycles. The van der Waals surface area contributed by atoms with Crippen molar-refractivity contribution < 1.29 is 14.7 Å². The molecule has 5 heteroatoms. The number of carboxylic acid groups (broad SMARTS) is 1. The van der Waals surface area contributed by atoms with E-state index in [4.69, 9.17) is 5.73 Å². The zero-order chi connectivity index (χ0) is 14.0. The fraction of sp³-hybridized carbons (Fsp3) is 0.846. The minimum absolute atomic E-state index is 0.369. The fourth-order valence-electron chi connectivity index (χ4n) is 2.25. The fourth-order valence-corrected chi connectivity index (χ4v) is 2.25. The summed E-state index contributed by atoms with van der Waals surface area (Å²) in [5.41, 5.74) is 4.38. The predicted molar refractivity (Wildman–Crippen MR) is 69.0 cm³/mol. The number of hydrogen-bond acceptors (Lipinski definition) is 3. The monoisotopic (exact) mass is 256 g/mol. The molecule has 1 aliphatic rings. The number of nitrogens with two attached hydrogens (primary N) is 1. The zero-order valence-corrected chi connectivity index (χ0v) is 11.5. The molecule has 104 valence electrons. The maximum atomic E-state index is 12.1. The summed E-state index contributed by atoms with van der Waals surface area (Å²) in [5, 5.41) is 12.0. The lowest BCUT2D eigenvalue weighted by atomic mass is 9.80. The van der Waals surface area contributed by atoms with E-state index in [1.165, 1.54) is 0 Å². The average Bonchev–Trinajstić information content (AvgIpc) is 2.27. The third-order valence-electron chi connectivity index (χ3n) is 3.69. The minimum Gasteiger partial charge on any atom is -0.480 e. The van der Waals surface area contributed by atoms with E-state index in [1.54, 1.807) is 0 Å². The van der Waals surface area contributed by atoms with E-state index >= 15 is 0 Å². The lowest BCUT2D eigenvalue weighted by Crippen LogP contribution is -2.61. The Bertz CT molecular complexity index is 328. The van der Waals surface area contributed by atoms with Crippen LogP contribution in [-0.2, 0) is 9.59 Å². The van der Waals surface area contributed by atoms with Crippen LogP contribution in [0.3, 0.4) is 0 Å². The number of hydrogen-bond donors (Lipinski definition) is 3. The van der Waals surface area contributed by atoms with Gasteiger partial charge in [0, 0.05) is 0 Å². The molecule has 5 nitrogen and oxygen atoms in total. The van der Waals surface area contributed by atoms with Gasteiger partial charge in [-0.05, 0) is 18.3 Å². The van der Waals surface area contributed by atoms with Crippen molar-refractivity contribution in [3.8, 4) is 0 Å². The van der Waals surface area contributed by atoms with Crippen molar-refractivity contribution in [2.45, 2.75) is 64.5 Å². The quantitative estimate of drug-likeness (QED) is 0.709. The standard InChI is InChI=1S/C13H24N2O3/c1-12(2,3)9(14)10(16)15-13(11(17)18)7-5-4-6-8-13/h9H,4-8,14H2,1-3H3,(H,15,16)(H,17,18). The number of rotatable bonds is 3. The molecule has 1 saturated carbocycles. The van der Waals surface area contributed by atoms with Crippen LogP contribution in [0.15, 0.2) is 0 Å². The molecular formula is C13H24N2O3. The van der Waals surface area contributed by atoms with Gasteiger partial charge in [-0.1, -0.05) is 40.0 Å². The largest absolute Gasteiger partial charge is 0.480 e. The molecule has 0 aromatic carbocycles. The third-order valence-corrected chi connectivity index (χ3v) is 3.69. The molecule has 0 aliphatic heterocycles. The number of carboxylic acids is 1. The van der Waals surface area contributed by atoms with Crippen molar-refractivity contribution in [3.05, 3.63) is 0 Å². The first-order valence-electron chi connectivity index (χ1n) is 6.50. The van der Waals surface area contributed by atoms with Crippen molar-refractivity contribution in [3.63, 3.8) is 0 Å². The molecule has 4 N–H and O–H groups in total. The van der Waals surface area contributed by atoms with Gasteiger partial charge < -0.3 is 16.2 Å². The molecule has 1 amide bonds. The number of nitrogens with one attached hydrogen (secondary N) is 1. The van der Waals surface area contributed by atoms with Gasteiger partial charge in [-0.25, -0.2) is 4.79 Å². The number of carbonyl (C=O) groups is 2. The van der Waals surface area contributed by atoms with E-state index in [0.29, 0.717) is 12.8 Å². The topological polar surface area (TPSA) is 92.4 Å². The Morgan fingerprint density at radius 3 is 2.11 bits per heavy atom. The smallest absolute Gasteiger partial charge is 0.329 e. The van der Waals surface area contributed by atoms with Crippen LogP contribution in [0.25, 0.3) is 0 Å². The van der Waals surface area contributed by atoms with E-state index in [1.807, 2.05) is 20.8 Å². The van der Waals surface area contributed by atoms with Gasteiger partial charge in [-0.15, -0.1) is 0 Å². The summed E-state index contributed by atoms with van der Waals surface area (Å²) in [4.78, 5) is 23.5. The summed E-state index contributed by atoms with van der Waals surface area (Å²) in [7, 11) is 0. The normalized spacial score (nSPS) is 21.1. The Balaban J connectivity index is 2.79. The van der Waals surface area contributed by atoms with Crippen LogP contribution >= 0.6 is 0 Å². The minimum atomic E-state index is -1.11. The summed E-state index contributed by atoms with van der Waals surface area (Å²) >= 11 is 0. The van der Waals surface area contributed by atoms with Crippen LogP contribution in [0.4, 0.5) is 0 Å². The molecule has 1 fully saturated rings. The van der Waals surface area contributed by atoms with E-state index in [-0.39, 0.29) is 11.3 Å². The average molecular weight is 256 g/mol. The van der Waals surface area contributed by atoms with Gasteiger partial charge in [0.05, 0.1) is 6.04 Å². The molecule has 0 aromatic heterocycles. The van der Waals surface area contributed by atoms with Crippen molar-refractivity contribution >= 4 is 11.9 Å². The van der Waals surface area contributed by atoms with E-state index < -0.39 is 17.6 Å². The second-order valence-corrected chi connectivity index (χ2v) is 6.28. The zero-order valence-electron chi connectivity index (χ0n) is 11.5.